The molecule has 0 amide bonds. The molecule has 0 unspecified atom stereocenters. The lowest BCUT2D eigenvalue weighted by Crippen LogP contribution is -2.22. The number of aromatic nitrogens is 2. The van der Waals surface area contributed by atoms with Crippen molar-refractivity contribution in [3.05, 3.63) is 98.5 Å². The lowest BCUT2D eigenvalue weighted by Gasteiger charge is -2.11. The Bertz CT molecular complexity index is 1130. The van der Waals surface area contributed by atoms with Gasteiger partial charge in [-0.25, -0.2) is 9.37 Å². The summed E-state index contributed by atoms with van der Waals surface area (Å²) in [7, 11) is 0. The molecule has 2 aromatic carbocycles. The lowest BCUT2D eigenvalue weighted by molar-refractivity contribution is 0.602. The van der Waals surface area contributed by atoms with Gasteiger partial charge in [0.05, 0.1) is 5.69 Å². The zero-order valence-electron chi connectivity index (χ0n) is 16.2. The van der Waals surface area contributed by atoms with Crippen molar-refractivity contribution in [2.24, 2.45) is 0 Å². The van der Waals surface area contributed by atoms with Gasteiger partial charge in [0, 0.05) is 11.8 Å². The number of benzene rings is 2. The third-order valence-electron chi connectivity index (χ3n) is 5.29. The van der Waals surface area contributed by atoms with Gasteiger partial charge in [-0.05, 0) is 68.4 Å². The van der Waals surface area contributed by atoms with Gasteiger partial charge in [0.1, 0.15) is 11.6 Å². The Morgan fingerprint density at radius 1 is 1.07 bits per heavy atom. The van der Waals surface area contributed by atoms with E-state index in [1.807, 2.05) is 0 Å². The highest BCUT2D eigenvalue weighted by atomic mass is 19.1. The highest BCUT2D eigenvalue weighted by Gasteiger charge is 2.13. The van der Waals surface area contributed by atoms with Gasteiger partial charge in [-0.3, -0.25) is 9.36 Å². The smallest absolute Gasteiger partial charge is 0.258 e. The maximum atomic E-state index is 14.6. The number of nitrogens with zero attached hydrogens (tertiary/aromatic N) is 2. The van der Waals surface area contributed by atoms with Crippen LogP contribution in [0.3, 0.4) is 0 Å². The van der Waals surface area contributed by atoms with Crippen LogP contribution in [-0.2, 0) is 12.8 Å². The number of rotatable bonds is 5. The molecule has 1 aromatic heterocycles. The minimum atomic E-state index is -0.270. The van der Waals surface area contributed by atoms with Crippen molar-refractivity contribution in [3.8, 4) is 5.69 Å². The summed E-state index contributed by atoms with van der Waals surface area (Å²) < 4.78 is 16.1. The van der Waals surface area contributed by atoms with E-state index < -0.39 is 0 Å². The van der Waals surface area contributed by atoms with E-state index in [-0.39, 0.29) is 11.4 Å². The third-order valence-corrected chi connectivity index (χ3v) is 5.29. The van der Waals surface area contributed by atoms with E-state index >= 15 is 0 Å². The van der Waals surface area contributed by atoms with Gasteiger partial charge in [-0.15, -0.1) is 0 Å². The average molecular weight is 374 g/mol. The van der Waals surface area contributed by atoms with E-state index in [9.17, 15) is 9.18 Å². The molecule has 0 spiro atoms. The molecule has 1 aliphatic carbocycles. The van der Waals surface area contributed by atoms with E-state index in [2.05, 4.69) is 35.3 Å². The van der Waals surface area contributed by atoms with Crippen molar-refractivity contribution in [2.75, 3.05) is 0 Å². The number of hydrogen-bond donors (Lipinski definition) is 0. The summed E-state index contributed by atoms with van der Waals surface area (Å²) in [5, 5.41) is 0. The molecule has 28 heavy (non-hydrogen) atoms. The van der Waals surface area contributed by atoms with Crippen LogP contribution in [-0.4, -0.2) is 9.55 Å². The second-order valence-corrected chi connectivity index (χ2v) is 7.43. The van der Waals surface area contributed by atoms with Crippen LogP contribution in [0.25, 0.3) is 11.8 Å². The van der Waals surface area contributed by atoms with Gasteiger partial charge in [0.15, 0.2) is 0 Å². The maximum Gasteiger partial charge on any atom is 0.258 e. The number of fused-ring (bicyclic) bond motifs is 1. The SMILES string of the molecule is Cc1cc(=O)n(-c2ccc(CCCC3=Cc4ccccc4C3)c(F)c2)c(C)n1. The minimum Gasteiger partial charge on any atom is -0.269 e. The molecule has 0 saturated carbocycles. The summed E-state index contributed by atoms with van der Waals surface area (Å²) >= 11 is 0. The number of hydrogen-bond acceptors (Lipinski definition) is 2. The molecule has 3 aromatic rings. The maximum absolute atomic E-state index is 14.6. The average Bonchev–Trinajstić information content (AvgIpc) is 3.05. The largest absolute Gasteiger partial charge is 0.269 e. The summed E-state index contributed by atoms with van der Waals surface area (Å²) in [6.45, 7) is 3.54. The molecular weight excluding hydrogens is 351 g/mol. The molecule has 1 heterocycles. The van der Waals surface area contributed by atoms with Crippen LogP contribution < -0.4 is 5.56 Å². The van der Waals surface area contributed by atoms with Gasteiger partial charge >= 0.3 is 0 Å². The second kappa shape index (κ2) is 7.55. The van der Waals surface area contributed by atoms with Crippen LogP contribution in [0.4, 0.5) is 4.39 Å². The summed E-state index contributed by atoms with van der Waals surface area (Å²) in [4.78, 5) is 16.6. The Hall–Kier alpha value is -3.01. The Morgan fingerprint density at radius 2 is 1.89 bits per heavy atom. The second-order valence-electron chi connectivity index (χ2n) is 7.43. The first-order valence-electron chi connectivity index (χ1n) is 9.65. The van der Waals surface area contributed by atoms with Gasteiger partial charge in [-0.1, -0.05) is 42.0 Å². The molecule has 142 valence electrons. The first-order valence-corrected chi connectivity index (χ1v) is 9.65. The highest BCUT2D eigenvalue weighted by Crippen LogP contribution is 2.28. The lowest BCUT2D eigenvalue weighted by atomic mass is 10.0. The molecule has 0 aliphatic heterocycles. The Balaban J connectivity index is 1.44. The fraction of sp³-hybridized carbons (Fsp3) is 0.250. The summed E-state index contributed by atoms with van der Waals surface area (Å²) in [6.07, 6.45) is 5.81. The summed E-state index contributed by atoms with van der Waals surface area (Å²) in [6, 6.07) is 14.9. The topological polar surface area (TPSA) is 34.9 Å². The Labute approximate surface area is 164 Å². The first kappa shape index (κ1) is 18.4. The molecule has 1 aliphatic rings. The predicted molar refractivity (Wildman–Crippen MR) is 110 cm³/mol. The molecule has 0 N–H and O–H groups in total. The molecule has 0 saturated heterocycles. The van der Waals surface area contributed by atoms with Crippen LogP contribution in [0.1, 0.15) is 41.1 Å². The van der Waals surface area contributed by atoms with Gasteiger partial charge < -0.3 is 0 Å². The van der Waals surface area contributed by atoms with E-state index in [4.69, 9.17) is 0 Å². The minimum absolute atomic E-state index is 0.190. The zero-order chi connectivity index (χ0) is 19.7. The summed E-state index contributed by atoms with van der Waals surface area (Å²) in [5.41, 5.74) is 5.77. The van der Waals surface area contributed by atoms with Crippen molar-refractivity contribution in [2.45, 2.75) is 39.5 Å². The van der Waals surface area contributed by atoms with Gasteiger partial charge in [0.25, 0.3) is 5.56 Å². The fourth-order valence-corrected chi connectivity index (χ4v) is 3.95. The molecule has 4 heteroatoms. The predicted octanol–water partition coefficient (Wildman–Crippen LogP) is 4.95. The number of aryl methyl sites for hydroxylation is 3. The number of allylic oxidation sites excluding steroid dienone is 1. The molecule has 0 radical (unpaired) electrons. The normalized spacial score (nSPS) is 12.8. The molecule has 4 rings (SSSR count). The van der Waals surface area contributed by atoms with Crippen LogP contribution in [0.2, 0.25) is 0 Å². The zero-order valence-corrected chi connectivity index (χ0v) is 16.2. The Morgan fingerprint density at radius 3 is 2.64 bits per heavy atom. The van der Waals surface area contributed by atoms with Crippen molar-refractivity contribution in [1.29, 1.82) is 0 Å². The third kappa shape index (κ3) is 3.68. The van der Waals surface area contributed by atoms with Crippen molar-refractivity contribution in [1.82, 2.24) is 9.55 Å². The van der Waals surface area contributed by atoms with Crippen molar-refractivity contribution < 1.29 is 4.39 Å². The van der Waals surface area contributed by atoms with E-state index in [0.29, 0.717) is 29.2 Å². The van der Waals surface area contributed by atoms with Crippen molar-refractivity contribution in [3.63, 3.8) is 0 Å². The standard InChI is InChI=1S/C24H23FN2O/c1-16-12-24(28)27(17(2)26-16)22-11-10-19(23(25)15-22)9-5-6-18-13-20-7-3-4-8-21(20)14-18/h3-4,7-8,10-13,15H,5-6,9,14H2,1-2H3. The quantitative estimate of drug-likeness (QED) is 0.633. The summed E-state index contributed by atoms with van der Waals surface area (Å²) in [5.74, 6) is 0.290. The van der Waals surface area contributed by atoms with Gasteiger partial charge in [-0.2, -0.15) is 0 Å². The molecule has 0 atom stereocenters. The van der Waals surface area contributed by atoms with Crippen molar-refractivity contribution >= 4 is 6.08 Å². The van der Waals surface area contributed by atoms with Gasteiger partial charge in [0.2, 0.25) is 0 Å². The van der Waals surface area contributed by atoms with Crippen LogP contribution in [0, 0.1) is 19.7 Å². The van der Waals surface area contributed by atoms with E-state index in [1.54, 1.807) is 26.0 Å². The van der Waals surface area contributed by atoms with E-state index in [0.717, 1.165) is 19.3 Å². The molecule has 0 fully saturated rings. The van der Waals surface area contributed by atoms with E-state index in [1.165, 1.54) is 33.4 Å². The monoisotopic (exact) mass is 374 g/mol. The fourth-order valence-electron chi connectivity index (χ4n) is 3.95. The van der Waals surface area contributed by atoms with Crippen LogP contribution in [0.15, 0.2) is 58.9 Å². The molecular formula is C24H23FN2O. The molecule has 3 nitrogen and oxygen atoms in total. The van der Waals surface area contributed by atoms with Crippen LogP contribution >= 0.6 is 0 Å². The van der Waals surface area contributed by atoms with Crippen LogP contribution in [0.5, 0.6) is 0 Å². The Kier molecular flexibility index (Phi) is 4.95. The highest BCUT2D eigenvalue weighted by molar-refractivity contribution is 5.63. The first-order chi connectivity index (χ1) is 13.5. The number of halogens is 1. The molecule has 0 bridgehead atoms.